The lowest BCUT2D eigenvalue weighted by atomic mass is 10.1. The van der Waals surface area contributed by atoms with Crippen LogP contribution in [0.2, 0.25) is 0 Å². The Bertz CT molecular complexity index is 1140. The summed E-state index contributed by atoms with van der Waals surface area (Å²) >= 11 is 0. The molecule has 2 heterocycles. The maximum Gasteiger partial charge on any atom is 0.416 e. The van der Waals surface area contributed by atoms with Crippen molar-refractivity contribution in [3.63, 3.8) is 0 Å². The predicted molar refractivity (Wildman–Crippen MR) is 98.8 cm³/mol. The Morgan fingerprint density at radius 1 is 0.967 bits per heavy atom. The van der Waals surface area contributed by atoms with E-state index in [-0.39, 0.29) is 28.9 Å². The molecule has 9 heteroatoms. The fourth-order valence-corrected chi connectivity index (χ4v) is 3.08. The number of nitrogens with zero attached hydrogens (tertiary/aromatic N) is 1. The van der Waals surface area contributed by atoms with Crippen LogP contribution in [0, 0.1) is 0 Å². The number of imide groups is 1. The Morgan fingerprint density at radius 3 is 2.30 bits per heavy atom. The number of carbonyl (C=O) groups is 3. The van der Waals surface area contributed by atoms with E-state index in [2.05, 4.69) is 5.32 Å². The molecule has 0 spiro atoms. The summed E-state index contributed by atoms with van der Waals surface area (Å²) in [6.45, 7) is -0.0353. The molecule has 3 aromatic rings. The Hall–Kier alpha value is -3.88. The molecule has 1 aromatic heterocycles. The van der Waals surface area contributed by atoms with Crippen molar-refractivity contribution in [2.24, 2.45) is 0 Å². The number of carbonyl (C=O) groups excluding carboxylic acids is 3. The van der Waals surface area contributed by atoms with Gasteiger partial charge in [0, 0.05) is 11.3 Å². The number of benzene rings is 2. The van der Waals surface area contributed by atoms with Crippen LogP contribution in [0.25, 0.3) is 0 Å². The van der Waals surface area contributed by atoms with E-state index < -0.39 is 29.5 Å². The lowest BCUT2D eigenvalue weighted by molar-refractivity contribution is -0.137. The predicted octanol–water partition coefficient (Wildman–Crippen LogP) is 4.35. The highest BCUT2D eigenvalue weighted by atomic mass is 19.4. The van der Waals surface area contributed by atoms with Crippen molar-refractivity contribution in [2.75, 3.05) is 5.32 Å². The van der Waals surface area contributed by atoms with Crippen molar-refractivity contribution in [3.8, 4) is 0 Å². The highest BCUT2D eigenvalue weighted by Gasteiger charge is 2.36. The summed E-state index contributed by atoms with van der Waals surface area (Å²) < 4.78 is 43.1. The molecule has 30 heavy (non-hydrogen) atoms. The third-order valence-electron chi connectivity index (χ3n) is 4.60. The summed E-state index contributed by atoms with van der Waals surface area (Å²) in [5, 5.41) is 2.47. The van der Waals surface area contributed by atoms with Gasteiger partial charge in [0.1, 0.15) is 5.76 Å². The van der Waals surface area contributed by atoms with Crippen LogP contribution in [-0.2, 0) is 12.7 Å². The molecule has 0 aliphatic carbocycles. The second kappa shape index (κ2) is 7.18. The van der Waals surface area contributed by atoms with Gasteiger partial charge in [-0.3, -0.25) is 19.3 Å². The maximum atomic E-state index is 12.6. The second-order valence-corrected chi connectivity index (χ2v) is 6.57. The highest BCUT2D eigenvalue weighted by Crippen LogP contribution is 2.30. The summed E-state index contributed by atoms with van der Waals surface area (Å²) in [7, 11) is 0. The number of fused-ring (bicyclic) bond motifs is 1. The van der Waals surface area contributed by atoms with Gasteiger partial charge in [-0.05, 0) is 54.6 Å². The monoisotopic (exact) mass is 414 g/mol. The fraction of sp³-hybridized carbons (Fsp3) is 0.0952. The molecule has 1 aliphatic rings. The summed E-state index contributed by atoms with van der Waals surface area (Å²) in [5.74, 6) is -1.25. The molecule has 2 aromatic carbocycles. The first-order valence-electron chi connectivity index (χ1n) is 8.75. The Balaban J connectivity index is 1.52. The molecule has 3 amide bonds. The number of amides is 3. The minimum atomic E-state index is -4.48. The summed E-state index contributed by atoms with van der Waals surface area (Å²) in [5.41, 5.74) is -0.340. The summed E-state index contributed by atoms with van der Waals surface area (Å²) in [6.07, 6.45) is -3.05. The van der Waals surface area contributed by atoms with Crippen molar-refractivity contribution >= 4 is 23.4 Å². The van der Waals surface area contributed by atoms with E-state index >= 15 is 0 Å². The molecule has 0 fully saturated rings. The molecule has 0 unspecified atom stereocenters. The Morgan fingerprint density at radius 2 is 1.67 bits per heavy atom. The number of alkyl halides is 3. The average molecular weight is 414 g/mol. The van der Waals surface area contributed by atoms with Gasteiger partial charge >= 0.3 is 6.18 Å². The molecule has 6 nitrogen and oxygen atoms in total. The van der Waals surface area contributed by atoms with Gasteiger partial charge in [-0.15, -0.1) is 0 Å². The minimum Gasteiger partial charge on any atom is -0.467 e. The third-order valence-corrected chi connectivity index (χ3v) is 4.60. The normalized spacial score (nSPS) is 13.5. The molecule has 1 aliphatic heterocycles. The first kappa shape index (κ1) is 19.4. The van der Waals surface area contributed by atoms with E-state index in [1.54, 1.807) is 12.1 Å². The maximum absolute atomic E-state index is 12.6. The lowest BCUT2D eigenvalue weighted by Crippen LogP contribution is -2.28. The van der Waals surface area contributed by atoms with E-state index in [1.165, 1.54) is 24.5 Å². The molecular weight excluding hydrogens is 401 g/mol. The molecule has 0 saturated heterocycles. The van der Waals surface area contributed by atoms with Gasteiger partial charge in [-0.25, -0.2) is 0 Å². The third kappa shape index (κ3) is 3.57. The zero-order chi connectivity index (χ0) is 21.5. The zero-order valence-electron chi connectivity index (χ0n) is 15.2. The summed E-state index contributed by atoms with van der Waals surface area (Å²) in [4.78, 5) is 38.6. The fourth-order valence-electron chi connectivity index (χ4n) is 3.08. The van der Waals surface area contributed by atoms with Crippen LogP contribution in [0.1, 0.15) is 42.4 Å². The number of rotatable bonds is 4. The molecule has 0 saturated carbocycles. The number of hydrogen-bond donors (Lipinski definition) is 1. The Labute approximate surface area is 167 Å². The van der Waals surface area contributed by atoms with Crippen molar-refractivity contribution < 1.29 is 32.0 Å². The van der Waals surface area contributed by atoms with E-state index in [0.29, 0.717) is 5.76 Å². The van der Waals surface area contributed by atoms with Crippen molar-refractivity contribution in [1.82, 2.24) is 4.90 Å². The quantitative estimate of drug-likeness (QED) is 0.644. The minimum absolute atomic E-state index is 0.0353. The van der Waals surface area contributed by atoms with Crippen LogP contribution < -0.4 is 5.32 Å². The smallest absolute Gasteiger partial charge is 0.416 e. The first-order chi connectivity index (χ1) is 14.2. The first-order valence-corrected chi connectivity index (χ1v) is 8.75. The van der Waals surface area contributed by atoms with Gasteiger partial charge in [0.15, 0.2) is 0 Å². The number of halogens is 3. The molecule has 0 radical (unpaired) electrons. The molecular formula is C21H13F3N2O4. The van der Waals surface area contributed by atoms with Gasteiger partial charge in [-0.2, -0.15) is 13.2 Å². The molecule has 4 rings (SSSR count). The van der Waals surface area contributed by atoms with Gasteiger partial charge < -0.3 is 9.73 Å². The van der Waals surface area contributed by atoms with Crippen LogP contribution >= 0.6 is 0 Å². The van der Waals surface area contributed by atoms with E-state index in [9.17, 15) is 27.6 Å². The van der Waals surface area contributed by atoms with Crippen LogP contribution in [0.4, 0.5) is 18.9 Å². The largest absolute Gasteiger partial charge is 0.467 e. The second-order valence-electron chi connectivity index (χ2n) is 6.57. The topological polar surface area (TPSA) is 79.6 Å². The molecule has 1 N–H and O–H groups in total. The zero-order valence-corrected chi connectivity index (χ0v) is 15.2. The summed E-state index contributed by atoms with van der Waals surface area (Å²) in [6, 6.07) is 11.3. The number of hydrogen-bond acceptors (Lipinski definition) is 4. The number of nitrogens with one attached hydrogen (secondary N) is 1. The van der Waals surface area contributed by atoms with Crippen LogP contribution in [-0.4, -0.2) is 22.6 Å². The standard InChI is InChI=1S/C21H13F3N2O4/c22-21(23,24)13-4-6-14(7-5-13)25-18(27)12-3-8-16-17(10-12)20(29)26(19(16)28)11-15-2-1-9-30-15/h1-10H,11H2,(H,25,27). The molecule has 152 valence electrons. The molecule has 0 bridgehead atoms. The highest BCUT2D eigenvalue weighted by molar-refractivity contribution is 6.22. The van der Waals surface area contributed by atoms with Crippen molar-refractivity contribution in [2.45, 2.75) is 12.7 Å². The van der Waals surface area contributed by atoms with Gasteiger partial charge in [0.2, 0.25) is 0 Å². The van der Waals surface area contributed by atoms with Crippen LogP contribution in [0.3, 0.4) is 0 Å². The van der Waals surface area contributed by atoms with E-state index in [1.807, 2.05) is 0 Å². The van der Waals surface area contributed by atoms with Crippen LogP contribution in [0.5, 0.6) is 0 Å². The van der Waals surface area contributed by atoms with E-state index in [0.717, 1.165) is 29.2 Å². The lowest BCUT2D eigenvalue weighted by Gasteiger charge is -2.11. The molecule has 0 atom stereocenters. The average Bonchev–Trinajstić information content (AvgIpc) is 3.30. The number of anilines is 1. The Kier molecular flexibility index (Phi) is 4.65. The SMILES string of the molecule is O=C(Nc1ccc(C(F)(F)F)cc1)c1ccc2c(c1)C(=O)N(Cc1ccco1)C2=O. The van der Waals surface area contributed by atoms with Crippen LogP contribution in [0.15, 0.2) is 65.3 Å². The van der Waals surface area contributed by atoms with Gasteiger partial charge in [-0.1, -0.05) is 0 Å². The van der Waals surface area contributed by atoms with Crippen molar-refractivity contribution in [1.29, 1.82) is 0 Å². The number of furan rings is 1. The van der Waals surface area contributed by atoms with Gasteiger partial charge in [0.05, 0.1) is 29.5 Å². The van der Waals surface area contributed by atoms with Crippen molar-refractivity contribution in [3.05, 3.63) is 88.9 Å². The van der Waals surface area contributed by atoms with E-state index in [4.69, 9.17) is 4.42 Å². The van der Waals surface area contributed by atoms with Gasteiger partial charge in [0.25, 0.3) is 17.7 Å².